The molecule has 1 aliphatic rings. The molecular formula is C16H19Cl2N3OS. The van der Waals surface area contributed by atoms with Crippen LogP contribution >= 0.6 is 35.3 Å². The summed E-state index contributed by atoms with van der Waals surface area (Å²) in [7, 11) is 0. The Morgan fingerprint density at radius 3 is 2.65 bits per heavy atom. The van der Waals surface area contributed by atoms with Gasteiger partial charge in [0.2, 0.25) is 0 Å². The van der Waals surface area contributed by atoms with Gasteiger partial charge in [-0.3, -0.25) is 9.69 Å². The first-order chi connectivity index (χ1) is 10.6. The van der Waals surface area contributed by atoms with Gasteiger partial charge in [-0.15, -0.1) is 23.7 Å². The molecule has 4 nitrogen and oxygen atoms in total. The third-order valence-electron chi connectivity index (χ3n) is 3.76. The second kappa shape index (κ2) is 8.11. The second-order valence-electron chi connectivity index (χ2n) is 5.46. The molecule has 2 heterocycles. The fourth-order valence-corrected chi connectivity index (χ4v) is 3.58. The van der Waals surface area contributed by atoms with Crippen LogP contribution in [0.2, 0.25) is 5.02 Å². The van der Waals surface area contributed by atoms with Gasteiger partial charge >= 0.3 is 0 Å². The molecule has 2 aromatic rings. The van der Waals surface area contributed by atoms with E-state index in [0.29, 0.717) is 10.6 Å². The number of aryl methyl sites for hydroxylation is 1. The number of nitrogens with zero attached hydrogens (tertiary/aromatic N) is 3. The Balaban J connectivity index is 0.00000192. The van der Waals surface area contributed by atoms with E-state index >= 15 is 0 Å². The van der Waals surface area contributed by atoms with Gasteiger partial charge in [0.15, 0.2) is 0 Å². The number of piperazine rings is 1. The van der Waals surface area contributed by atoms with Gasteiger partial charge in [-0.1, -0.05) is 17.7 Å². The van der Waals surface area contributed by atoms with E-state index in [2.05, 4.69) is 15.3 Å². The number of thiazole rings is 1. The first kappa shape index (κ1) is 18.2. The maximum atomic E-state index is 12.5. The van der Waals surface area contributed by atoms with Crippen molar-refractivity contribution < 1.29 is 4.79 Å². The average Bonchev–Trinajstić information content (AvgIpc) is 2.92. The number of rotatable bonds is 3. The summed E-state index contributed by atoms with van der Waals surface area (Å²) in [6.45, 7) is 6.14. The summed E-state index contributed by atoms with van der Waals surface area (Å²) in [5, 5.41) is 3.82. The summed E-state index contributed by atoms with van der Waals surface area (Å²) in [5.74, 6) is 0.0623. The van der Waals surface area contributed by atoms with Crippen LogP contribution < -0.4 is 0 Å². The molecule has 1 aliphatic heterocycles. The molecule has 0 saturated carbocycles. The zero-order chi connectivity index (χ0) is 15.5. The Hall–Kier alpha value is -1.14. The Labute approximate surface area is 151 Å². The first-order valence-corrected chi connectivity index (χ1v) is 8.56. The molecule has 7 heteroatoms. The molecule has 1 saturated heterocycles. The molecule has 0 N–H and O–H groups in total. The second-order valence-corrected chi connectivity index (χ2v) is 6.84. The van der Waals surface area contributed by atoms with Crippen molar-refractivity contribution in [3.8, 4) is 0 Å². The maximum absolute atomic E-state index is 12.5. The quantitative estimate of drug-likeness (QED) is 0.828. The molecule has 23 heavy (non-hydrogen) atoms. The summed E-state index contributed by atoms with van der Waals surface area (Å²) in [4.78, 5) is 21.2. The van der Waals surface area contributed by atoms with Crippen LogP contribution in [0.15, 0.2) is 29.6 Å². The monoisotopic (exact) mass is 371 g/mol. The van der Waals surface area contributed by atoms with E-state index in [9.17, 15) is 4.79 Å². The average molecular weight is 372 g/mol. The van der Waals surface area contributed by atoms with Crippen molar-refractivity contribution in [2.24, 2.45) is 0 Å². The fraction of sp³-hybridized carbons (Fsp3) is 0.375. The number of aromatic nitrogens is 1. The molecule has 1 aromatic heterocycles. The number of hydrogen-bond donors (Lipinski definition) is 0. The van der Waals surface area contributed by atoms with Gasteiger partial charge in [0.05, 0.1) is 6.54 Å². The van der Waals surface area contributed by atoms with Crippen LogP contribution in [0.4, 0.5) is 0 Å². The van der Waals surface area contributed by atoms with E-state index in [4.69, 9.17) is 11.6 Å². The number of carbonyl (C=O) groups is 1. The van der Waals surface area contributed by atoms with Crippen molar-refractivity contribution in [1.82, 2.24) is 14.8 Å². The molecule has 0 radical (unpaired) electrons. The van der Waals surface area contributed by atoms with E-state index in [0.717, 1.165) is 43.4 Å². The molecule has 3 rings (SSSR count). The molecular weight excluding hydrogens is 353 g/mol. The van der Waals surface area contributed by atoms with Crippen LogP contribution in [-0.4, -0.2) is 46.9 Å². The number of amides is 1. The number of halogens is 2. The van der Waals surface area contributed by atoms with Crippen molar-refractivity contribution >= 4 is 41.3 Å². The van der Waals surface area contributed by atoms with Crippen LogP contribution in [0, 0.1) is 6.92 Å². The van der Waals surface area contributed by atoms with Crippen molar-refractivity contribution in [3.05, 3.63) is 50.9 Å². The summed E-state index contributed by atoms with van der Waals surface area (Å²) in [5.41, 5.74) is 1.74. The van der Waals surface area contributed by atoms with Crippen LogP contribution in [0.5, 0.6) is 0 Å². The van der Waals surface area contributed by atoms with Crippen molar-refractivity contribution in [2.45, 2.75) is 13.5 Å². The van der Waals surface area contributed by atoms with E-state index in [-0.39, 0.29) is 18.3 Å². The van der Waals surface area contributed by atoms with Crippen molar-refractivity contribution in [3.63, 3.8) is 0 Å². The van der Waals surface area contributed by atoms with Crippen LogP contribution in [0.1, 0.15) is 21.1 Å². The lowest BCUT2D eigenvalue weighted by Crippen LogP contribution is -2.48. The van der Waals surface area contributed by atoms with Crippen LogP contribution in [0.25, 0.3) is 0 Å². The minimum Gasteiger partial charge on any atom is -0.336 e. The predicted molar refractivity (Wildman–Crippen MR) is 96.7 cm³/mol. The Kier molecular flexibility index (Phi) is 6.41. The highest BCUT2D eigenvalue weighted by molar-refractivity contribution is 7.09. The van der Waals surface area contributed by atoms with E-state index in [1.165, 1.54) is 0 Å². The van der Waals surface area contributed by atoms with Gasteiger partial charge in [-0.25, -0.2) is 4.98 Å². The zero-order valence-electron chi connectivity index (χ0n) is 12.9. The lowest BCUT2D eigenvalue weighted by Gasteiger charge is -2.34. The molecule has 0 aliphatic carbocycles. The number of benzene rings is 1. The minimum atomic E-state index is 0. The third kappa shape index (κ3) is 4.67. The molecule has 0 atom stereocenters. The third-order valence-corrected chi connectivity index (χ3v) is 4.94. The van der Waals surface area contributed by atoms with Crippen LogP contribution in [0.3, 0.4) is 0 Å². The van der Waals surface area contributed by atoms with Gasteiger partial charge in [0, 0.05) is 47.8 Å². The molecule has 1 aromatic carbocycles. The number of carbonyl (C=O) groups excluding carboxylic acids is 1. The Bertz CT molecular complexity index is 669. The summed E-state index contributed by atoms with van der Waals surface area (Å²) < 4.78 is 0. The van der Waals surface area contributed by atoms with Crippen LogP contribution in [-0.2, 0) is 6.54 Å². The summed E-state index contributed by atoms with van der Waals surface area (Å²) in [6.07, 6.45) is 0. The molecule has 0 spiro atoms. The van der Waals surface area contributed by atoms with E-state index < -0.39 is 0 Å². The lowest BCUT2D eigenvalue weighted by molar-refractivity contribution is 0.0628. The topological polar surface area (TPSA) is 36.4 Å². The molecule has 1 fully saturated rings. The van der Waals surface area contributed by atoms with E-state index in [1.807, 2.05) is 24.0 Å². The van der Waals surface area contributed by atoms with Gasteiger partial charge in [-0.2, -0.15) is 0 Å². The summed E-state index contributed by atoms with van der Waals surface area (Å²) in [6, 6.07) is 7.15. The Morgan fingerprint density at radius 1 is 1.30 bits per heavy atom. The fourth-order valence-electron chi connectivity index (χ4n) is 2.58. The van der Waals surface area contributed by atoms with Crippen molar-refractivity contribution in [1.29, 1.82) is 0 Å². The lowest BCUT2D eigenvalue weighted by atomic mass is 10.2. The van der Waals surface area contributed by atoms with Gasteiger partial charge in [-0.05, 0) is 25.1 Å². The first-order valence-electron chi connectivity index (χ1n) is 7.30. The number of hydrogen-bond acceptors (Lipinski definition) is 4. The zero-order valence-corrected chi connectivity index (χ0v) is 15.3. The largest absolute Gasteiger partial charge is 0.336 e. The predicted octanol–water partition coefficient (Wildman–Crippen LogP) is 3.48. The smallest absolute Gasteiger partial charge is 0.253 e. The standard InChI is InChI=1S/C16H18ClN3OS.ClH/c1-12-11-22-15(18-12)10-19-5-7-20(8-6-19)16(21)13-3-2-4-14(17)9-13;/h2-4,9,11H,5-8,10H2,1H3;1H. The van der Waals surface area contributed by atoms with Gasteiger partial charge in [0.1, 0.15) is 5.01 Å². The Morgan fingerprint density at radius 2 is 2.04 bits per heavy atom. The van der Waals surface area contributed by atoms with Gasteiger partial charge in [0.25, 0.3) is 5.91 Å². The molecule has 124 valence electrons. The molecule has 1 amide bonds. The van der Waals surface area contributed by atoms with E-state index in [1.54, 1.807) is 23.5 Å². The highest BCUT2D eigenvalue weighted by atomic mass is 35.5. The van der Waals surface area contributed by atoms with Gasteiger partial charge < -0.3 is 4.90 Å². The highest BCUT2D eigenvalue weighted by Gasteiger charge is 2.22. The maximum Gasteiger partial charge on any atom is 0.253 e. The SMILES string of the molecule is Cc1csc(CN2CCN(C(=O)c3cccc(Cl)c3)CC2)n1.Cl. The van der Waals surface area contributed by atoms with Crippen molar-refractivity contribution in [2.75, 3.05) is 26.2 Å². The minimum absolute atomic E-state index is 0. The normalized spacial score (nSPS) is 15.3. The molecule has 0 bridgehead atoms. The highest BCUT2D eigenvalue weighted by Crippen LogP contribution is 2.16. The summed E-state index contributed by atoms with van der Waals surface area (Å²) >= 11 is 7.66. The molecule has 0 unspecified atom stereocenters.